The zero-order valence-electron chi connectivity index (χ0n) is 10.4. The zero-order valence-corrected chi connectivity index (χ0v) is 10.4. The van der Waals surface area contributed by atoms with Crippen LogP contribution in [0.25, 0.3) is 0 Å². The van der Waals surface area contributed by atoms with Crippen LogP contribution in [0.3, 0.4) is 0 Å². The second-order valence-corrected chi connectivity index (χ2v) is 3.71. The maximum absolute atomic E-state index is 11.2. The molecule has 0 radical (unpaired) electrons. The Labute approximate surface area is 101 Å². The summed E-state index contributed by atoms with van der Waals surface area (Å²) in [4.78, 5) is 11.2. The van der Waals surface area contributed by atoms with E-state index in [1.54, 1.807) is 26.3 Å². The minimum Gasteiger partial charge on any atom is -0.385 e. The Morgan fingerprint density at radius 1 is 1.47 bits per heavy atom. The predicted molar refractivity (Wildman–Crippen MR) is 65.0 cm³/mol. The van der Waals surface area contributed by atoms with Gasteiger partial charge in [0, 0.05) is 26.8 Å². The molecule has 0 saturated heterocycles. The molecule has 6 nitrogen and oxygen atoms in total. The molecule has 0 spiro atoms. The fraction of sp³-hybridized carbons (Fsp3) is 0.545. The van der Waals surface area contributed by atoms with Gasteiger partial charge in [0.2, 0.25) is 0 Å². The third kappa shape index (κ3) is 4.36. The first-order chi connectivity index (χ1) is 8.17. The van der Waals surface area contributed by atoms with Crippen LogP contribution in [-0.2, 0) is 4.74 Å². The second kappa shape index (κ2) is 6.80. The SMILES string of the molecule is CNC(=O)c1ccc(NC(C)CCOC)nn1. The lowest BCUT2D eigenvalue weighted by atomic mass is 10.2. The van der Waals surface area contributed by atoms with Gasteiger partial charge < -0.3 is 15.4 Å². The molecular formula is C11H18N4O2. The number of aromatic nitrogens is 2. The molecule has 1 atom stereocenters. The smallest absolute Gasteiger partial charge is 0.271 e. The van der Waals surface area contributed by atoms with Gasteiger partial charge in [0.15, 0.2) is 5.69 Å². The van der Waals surface area contributed by atoms with Crippen molar-refractivity contribution in [1.29, 1.82) is 0 Å². The van der Waals surface area contributed by atoms with E-state index in [-0.39, 0.29) is 11.9 Å². The first-order valence-electron chi connectivity index (χ1n) is 5.48. The molecule has 6 heteroatoms. The third-order valence-corrected chi connectivity index (χ3v) is 2.27. The standard InChI is InChI=1S/C11H18N4O2/c1-8(6-7-17-3)13-10-5-4-9(14-15-10)11(16)12-2/h4-5,8H,6-7H2,1-3H3,(H,12,16)(H,13,15). The highest BCUT2D eigenvalue weighted by Gasteiger charge is 2.07. The number of carbonyl (C=O) groups excluding carboxylic acids is 1. The molecule has 1 heterocycles. The minimum absolute atomic E-state index is 0.239. The van der Waals surface area contributed by atoms with Crippen molar-refractivity contribution in [3.8, 4) is 0 Å². The van der Waals surface area contributed by atoms with Crippen LogP contribution < -0.4 is 10.6 Å². The van der Waals surface area contributed by atoms with Crippen LogP contribution in [0.2, 0.25) is 0 Å². The average molecular weight is 238 g/mol. The largest absolute Gasteiger partial charge is 0.385 e. The molecule has 1 aromatic heterocycles. The number of methoxy groups -OCH3 is 1. The lowest BCUT2D eigenvalue weighted by molar-refractivity contribution is 0.0957. The molecule has 17 heavy (non-hydrogen) atoms. The number of anilines is 1. The molecule has 1 aromatic rings. The van der Waals surface area contributed by atoms with Crippen LogP contribution in [0.1, 0.15) is 23.8 Å². The Bertz CT molecular complexity index is 353. The molecule has 1 unspecified atom stereocenters. The van der Waals surface area contributed by atoms with E-state index < -0.39 is 0 Å². The minimum atomic E-state index is -0.239. The quantitative estimate of drug-likeness (QED) is 0.762. The number of amides is 1. The van der Waals surface area contributed by atoms with Crippen molar-refractivity contribution in [2.75, 3.05) is 26.1 Å². The topological polar surface area (TPSA) is 76.1 Å². The van der Waals surface area contributed by atoms with Gasteiger partial charge in [-0.3, -0.25) is 4.79 Å². The molecule has 0 fully saturated rings. The van der Waals surface area contributed by atoms with Crippen molar-refractivity contribution in [1.82, 2.24) is 15.5 Å². The first kappa shape index (κ1) is 13.4. The predicted octanol–water partition coefficient (Wildman–Crippen LogP) is 0.673. The van der Waals surface area contributed by atoms with Crippen molar-refractivity contribution in [2.45, 2.75) is 19.4 Å². The number of hydrogen-bond acceptors (Lipinski definition) is 5. The zero-order chi connectivity index (χ0) is 12.7. The molecule has 2 N–H and O–H groups in total. The van der Waals surface area contributed by atoms with Gasteiger partial charge in [-0.2, -0.15) is 0 Å². The van der Waals surface area contributed by atoms with Crippen LogP contribution in [0.4, 0.5) is 5.82 Å². The summed E-state index contributed by atoms with van der Waals surface area (Å²) in [5, 5.41) is 13.4. The van der Waals surface area contributed by atoms with E-state index in [1.807, 2.05) is 6.92 Å². The van der Waals surface area contributed by atoms with Gasteiger partial charge in [0.25, 0.3) is 5.91 Å². The number of ether oxygens (including phenoxy) is 1. The van der Waals surface area contributed by atoms with Gasteiger partial charge in [-0.15, -0.1) is 10.2 Å². The lowest BCUT2D eigenvalue weighted by Crippen LogP contribution is -2.21. The maximum Gasteiger partial charge on any atom is 0.271 e. The highest BCUT2D eigenvalue weighted by molar-refractivity contribution is 5.91. The molecule has 0 aliphatic carbocycles. The monoisotopic (exact) mass is 238 g/mol. The Kier molecular flexibility index (Phi) is 5.35. The molecule has 0 aliphatic heterocycles. The maximum atomic E-state index is 11.2. The van der Waals surface area contributed by atoms with Gasteiger partial charge in [0.1, 0.15) is 5.82 Å². The number of hydrogen-bond donors (Lipinski definition) is 2. The van der Waals surface area contributed by atoms with E-state index in [0.717, 1.165) is 6.42 Å². The van der Waals surface area contributed by atoms with Crippen LogP contribution in [-0.4, -0.2) is 42.9 Å². The third-order valence-electron chi connectivity index (χ3n) is 2.27. The summed E-state index contributed by atoms with van der Waals surface area (Å²) in [7, 11) is 3.23. The van der Waals surface area contributed by atoms with E-state index in [4.69, 9.17) is 4.74 Å². The number of nitrogens with one attached hydrogen (secondary N) is 2. The van der Waals surface area contributed by atoms with E-state index in [1.165, 1.54) is 0 Å². The molecule has 0 bridgehead atoms. The van der Waals surface area contributed by atoms with Crippen molar-refractivity contribution in [3.05, 3.63) is 17.8 Å². The summed E-state index contributed by atoms with van der Waals surface area (Å²) >= 11 is 0. The van der Waals surface area contributed by atoms with E-state index in [2.05, 4.69) is 20.8 Å². The van der Waals surface area contributed by atoms with Crippen LogP contribution in [0.15, 0.2) is 12.1 Å². The molecule has 0 saturated carbocycles. The fourth-order valence-corrected chi connectivity index (χ4v) is 1.28. The molecule has 0 aliphatic rings. The van der Waals surface area contributed by atoms with Gasteiger partial charge in [-0.05, 0) is 25.5 Å². The highest BCUT2D eigenvalue weighted by Crippen LogP contribution is 2.05. The van der Waals surface area contributed by atoms with Gasteiger partial charge >= 0.3 is 0 Å². The molecular weight excluding hydrogens is 220 g/mol. The van der Waals surface area contributed by atoms with Gasteiger partial charge in [-0.25, -0.2) is 0 Å². The van der Waals surface area contributed by atoms with Crippen LogP contribution >= 0.6 is 0 Å². The summed E-state index contributed by atoms with van der Waals surface area (Å²) in [6.07, 6.45) is 0.884. The lowest BCUT2D eigenvalue weighted by Gasteiger charge is -2.13. The van der Waals surface area contributed by atoms with Crippen molar-refractivity contribution in [2.24, 2.45) is 0 Å². The summed E-state index contributed by atoms with van der Waals surface area (Å²) in [5.41, 5.74) is 0.308. The Morgan fingerprint density at radius 3 is 2.76 bits per heavy atom. The fourth-order valence-electron chi connectivity index (χ4n) is 1.28. The average Bonchev–Trinajstić information content (AvgIpc) is 2.36. The number of carbonyl (C=O) groups is 1. The summed E-state index contributed by atoms with van der Waals surface area (Å²) in [5.74, 6) is 0.415. The van der Waals surface area contributed by atoms with E-state index in [9.17, 15) is 4.79 Å². The normalized spacial score (nSPS) is 11.9. The second-order valence-electron chi connectivity index (χ2n) is 3.71. The number of nitrogens with zero attached hydrogens (tertiary/aromatic N) is 2. The molecule has 1 rings (SSSR count). The molecule has 1 amide bonds. The summed E-state index contributed by atoms with van der Waals surface area (Å²) < 4.78 is 4.99. The van der Waals surface area contributed by atoms with Gasteiger partial charge in [-0.1, -0.05) is 0 Å². The molecule has 94 valence electrons. The Morgan fingerprint density at radius 2 is 2.24 bits per heavy atom. The van der Waals surface area contributed by atoms with E-state index >= 15 is 0 Å². The summed E-state index contributed by atoms with van der Waals surface area (Å²) in [6.45, 7) is 2.73. The van der Waals surface area contributed by atoms with Crippen molar-refractivity contribution >= 4 is 11.7 Å². The Balaban J connectivity index is 2.53. The highest BCUT2D eigenvalue weighted by atomic mass is 16.5. The number of rotatable bonds is 6. The molecule has 0 aromatic carbocycles. The Hall–Kier alpha value is -1.69. The van der Waals surface area contributed by atoms with E-state index in [0.29, 0.717) is 18.1 Å². The first-order valence-corrected chi connectivity index (χ1v) is 5.48. The van der Waals surface area contributed by atoms with Crippen molar-refractivity contribution < 1.29 is 9.53 Å². The van der Waals surface area contributed by atoms with Crippen LogP contribution in [0, 0.1) is 0 Å². The summed E-state index contributed by atoms with van der Waals surface area (Å²) in [6, 6.07) is 3.62. The van der Waals surface area contributed by atoms with Gasteiger partial charge in [0.05, 0.1) is 0 Å². The van der Waals surface area contributed by atoms with Crippen LogP contribution in [0.5, 0.6) is 0 Å². The van der Waals surface area contributed by atoms with Crippen molar-refractivity contribution in [3.63, 3.8) is 0 Å².